The zero-order valence-corrected chi connectivity index (χ0v) is 11.7. The van der Waals surface area contributed by atoms with Crippen molar-refractivity contribution >= 4 is 11.4 Å². The number of para-hydroxylation sites is 1. The largest absolute Gasteiger partial charge is 0.355 e. The number of anilines is 2. The molecule has 19 heavy (non-hydrogen) atoms. The lowest BCUT2D eigenvalue weighted by atomic mass is 10.0. The second-order valence-electron chi connectivity index (χ2n) is 4.68. The third-order valence-corrected chi connectivity index (χ3v) is 3.46. The first-order valence-electron chi connectivity index (χ1n) is 6.95. The highest BCUT2D eigenvalue weighted by Gasteiger charge is 2.06. The molecule has 0 aliphatic rings. The number of benzene rings is 2. The van der Waals surface area contributed by atoms with E-state index in [1.165, 1.54) is 16.8 Å². The standard InChI is InChI=1S/C17H22N2/c1-3-14-6-5-7-15(4-2)17(14)19-16-10-8-13(12-18)9-11-16/h5-11,19H,3-4,12,18H2,1-2H3. The molecule has 2 aromatic rings. The van der Waals surface area contributed by atoms with E-state index in [-0.39, 0.29) is 0 Å². The molecule has 0 saturated carbocycles. The Morgan fingerprint density at radius 2 is 1.47 bits per heavy atom. The number of nitrogens with two attached hydrogens (primary N) is 1. The van der Waals surface area contributed by atoms with Crippen molar-refractivity contribution in [3.63, 3.8) is 0 Å². The Labute approximate surface area is 115 Å². The minimum atomic E-state index is 0.589. The summed E-state index contributed by atoms with van der Waals surface area (Å²) < 4.78 is 0. The molecule has 0 atom stereocenters. The van der Waals surface area contributed by atoms with Gasteiger partial charge in [-0.2, -0.15) is 0 Å². The highest BCUT2D eigenvalue weighted by Crippen LogP contribution is 2.26. The maximum atomic E-state index is 5.62. The summed E-state index contributed by atoms with van der Waals surface area (Å²) in [6.07, 6.45) is 2.08. The van der Waals surface area contributed by atoms with Crippen LogP contribution in [-0.4, -0.2) is 0 Å². The molecule has 100 valence electrons. The molecule has 0 spiro atoms. The fraction of sp³-hybridized carbons (Fsp3) is 0.294. The van der Waals surface area contributed by atoms with Gasteiger partial charge in [0.25, 0.3) is 0 Å². The van der Waals surface area contributed by atoms with Gasteiger partial charge in [0.05, 0.1) is 0 Å². The van der Waals surface area contributed by atoms with Crippen molar-refractivity contribution in [3.8, 4) is 0 Å². The molecule has 2 heteroatoms. The second kappa shape index (κ2) is 6.39. The molecule has 0 fully saturated rings. The van der Waals surface area contributed by atoms with E-state index >= 15 is 0 Å². The molecule has 2 nitrogen and oxygen atoms in total. The molecule has 0 bridgehead atoms. The van der Waals surface area contributed by atoms with Gasteiger partial charge in [-0.15, -0.1) is 0 Å². The predicted molar refractivity (Wildman–Crippen MR) is 82.8 cm³/mol. The van der Waals surface area contributed by atoms with E-state index in [1.807, 2.05) is 0 Å². The molecule has 0 radical (unpaired) electrons. The van der Waals surface area contributed by atoms with Crippen molar-refractivity contribution in [2.45, 2.75) is 33.2 Å². The fourth-order valence-electron chi connectivity index (χ4n) is 2.27. The topological polar surface area (TPSA) is 38.0 Å². The predicted octanol–water partition coefficient (Wildman–Crippen LogP) is 4.01. The van der Waals surface area contributed by atoms with Crippen LogP contribution in [0.25, 0.3) is 0 Å². The van der Waals surface area contributed by atoms with Gasteiger partial charge in [-0.3, -0.25) is 0 Å². The third kappa shape index (κ3) is 3.15. The third-order valence-electron chi connectivity index (χ3n) is 3.46. The first kappa shape index (κ1) is 13.6. The van der Waals surface area contributed by atoms with E-state index in [2.05, 4.69) is 61.6 Å². The number of rotatable bonds is 5. The van der Waals surface area contributed by atoms with Crippen LogP contribution in [0.2, 0.25) is 0 Å². The van der Waals surface area contributed by atoms with Gasteiger partial charge < -0.3 is 11.1 Å². The number of hydrogen-bond donors (Lipinski definition) is 2. The molecule has 0 saturated heterocycles. The van der Waals surface area contributed by atoms with E-state index in [4.69, 9.17) is 5.73 Å². The summed E-state index contributed by atoms with van der Waals surface area (Å²) in [4.78, 5) is 0. The molecule has 2 rings (SSSR count). The number of nitrogens with one attached hydrogen (secondary N) is 1. The molecule has 3 N–H and O–H groups in total. The second-order valence-corrected chi connectivity index (χ2v) is 4.68. The van der Waals surface area contributed by atoms with Crippen LogP contribution in [0.5, 0.6) is 0 Å². The highest BCUT2D eigenvalue weighted by atomic mass is 14.9. The summed E-state index contributed by atoms with van der Waals surface area (Å²) >= 11 is 0. The first-order chi connectivity index (χ1) is 9.28. The van der Waals surface area contributed by atoms with Gasteiger partial charge in [0.15, 0.2) is 0 Å². The van der Waals surface area contributed by atoms with Crippen LogP contribution in [0.15, 0.2) is 42.5 Å². The molecule has 0 aliphatic carbocycles. The molecule has 0 heterocycles. The molecule has 0 aromatic heterocycles. The van der Waals surface area contributed by atoms with Crippen molar-refractivity contribution in [1.29, 1.82) is 0 Å². The summed E-state index contributed by atoms with van der Waals surface area (Å²) in [5, 5.41) is 3.55. The van der Waals surface area contributed by atoms with Gasteiger partial charge in [0, 0.05) is 17.9 Å². The zero-order chi connectivity index (χ0) is 13.7. The summed E-state index contributed by atoms with van der Waals surface area (Å²) in [6.45, 7) is 4.97. The molecule has 0 unspecified atom stereocenters. The monoisotopic (exact) mass is 254 g/mol. The Hall–Kier alpha value is -1.80. The van der Waals surface area contributed by atoms with Crippen LogP contribution < -0.4 is 11.1 Å². The summed E-state index contributed by atoms with van der Waals surface area (Å²) in [5.41, 5.74) is 11.9. The molecular weight excluding hydrogens is 232 g/mol. The summed E-state index contributed by atoms with van der Waals surface area (Å²) in [5.74, 6) is 0. The quantitative estimate of drug-likeness (QED) is 0.846. The van der Waals surface area contributed by atoms with E-state index < -0.39 is 0 Å². The average Bonchev–Trinajstić information content (AvgIpc) is 2.48. The minimum Gasteiger partial charge on any atom is -0.355 e. The van der Waals surface area contributed by atoms with Gasteiger partial charge >= 0.3 is 0 Å². The van der Waals surface area contributed by atoms with Crippen LogP contribution in [0, 0.1) is 0 Å². The lowest BCUT2D eigenvalue weighted by molar-refractivity contribution is 1.07. The highest BCUT2D eigenvalue weighted by molar-refractivity contribution is 5.67. The van der Waals surface area contributed by atoms with Crippen LogP contribution in [-0.2, 0) is 19.4 Å². The summed E-state index contributed by atoms with van der Waals surface area (Å²) in [6, 6.07) is 14.8. The van der Waals surface area contributed by atoms with E-state index in [1.54, 1.807) is 0 Å². The van der Waals surface area contributed by atoms with E-state index in [9.17, 15) is 0 Å². The maximum absolute atomic E-state index is 5.62. The van der Waals surface area contributed by atoms with Gasteiger partial charge in [0.2, 0.25) is 0 Å². The smallest absolute Gasteiger partial charge is 0.0449 e. The molecule has 2 aromatic carbocycles. The van der Waals surface area contributed by atoms with Crippen molar-refractivity contribution in [2.24, 2.45) is 5.73 Å². The molecular formula is C17H22N2. The maximum Gasteiger partial charge on any atom is 0.0449 e. The van der Waals surface area contributed by atoms with Gasteiger partial charge in [-0.1, -0.05) is 44.2 Å². The van der Waals surface area contributed by atoms with Crippen LogP contribution in [0.4, 0.5) is 11.4 Å². The lowest BCUT2D eigenvalue weighted by Crippen LogP contribution is -2.01. The Morgan fingerprint density at radius 3 is 1.95 bits per heavy atom. The average molecular weight is 254 g/mol. The molecule has 0 amide bonds. The van der Waals surface area contributed by atoms with Crippen molar-refractivity contribution in [3.05, 3.63) is 59.2 Å². The molecule has 0 aliphatic heterocycles. The Bertz CT molecular complexity index is 507. The van der Waals surface area contributed by atoms with Gasteiger partial charge in [-0.05, 0) is 41.7 Å². The zero-order valence-electron chi connectivity index (χ0n) is 11.7. The Morgan fingerprint density at radius 1 is 0.895 bits per heavy atom. The van der Waals surface area contributed by atoms with Crippen LogP contribution >= 0.6 is 0 Å². The SMILES string of the molecule is CCc1cccc(CC)c1Nc1ccc(CN)cc1. The van der Waals surface area contributed by atoms with Gasteiger partial charge in [-0.25, -0.2) is 0 Å². The van der Waals surface area contributed by atoms with Gasteiger partial charge in [0.1, 0.15) is 0 Å². The number of hydrogen-bond acceptors (Lipinski definition) is 2. The van der Waals surface area contributed by atoms with Crippen molar-refractivity contribution in [1.82, 2.24) is 0 Å². The van der Waals surface area contributed by atoms with E-state index in [0.29, 0.717) is 6.54 Å². The van der Waals surface area contributed by atoms with E-state index in [0.717, 1.165) is 24.1 Å². The van der Waals surface area contributed by atoms with Crippen LogP contribution in [0.1, 0.15) is 30.5 Å². The summed E-state index contributed by atoms with van der Waals surface area (Å²) in [7, 11) is 0. The van der Waals surface area contributed by atoms with Crippen molar-refractivity contribution < 1.29 is 0 Å². The lowest BCUT2D eigenvalue weighted by Gasteiger charge is -2.15. The number of aryl methyl sites for hydroxylation is 2. The van der Waals surface area contributed by atoms with Crippen molar-refractivity contribution in [2.75, 3.05) is 5.32 Å². The normalized spacial score (nSPS) is 10.5. The Balaban J connectivity index is 2.30. The Kier molecular flexibility index (Phi) is 4.58. The van der Waals surface area contributed by atoms with Crippen LogP contribution in [0.3, 0.4) is 0 Å². The fourth-order valence-corrected chi connectivity index (χ4v) is 2.27. The minimum absolute atomic E-state index is 0.589. The first-order valence-corrected chi connectivity index (χ1v) is 6.95.